The topological polar surface area (TPSA) is 34.9 Å². The molecule has 0 fully saturated rings. The molecule has 0 radical (unpaired) electrons. The zero-order valence-corrected chi connectivity index (χ0v) is 11.5. The minimum Gasteiger partial charge on any atom is -0.298 e. The maximum absolute atomic E-state index is 13.4. The molecule has 0 atom stereocenters. The molecule has 4 heteroatoms. The van der Waals surface area contributed by atoms with E-state index in [1.165, 1.54) is 6.07 Å². The van der Waals surface area contributed by atoms with E-state index >= 15 is 0 Å². The first-order valence-corrected chi connectivity index (χ1v) is 6.56. The number of aldehydes is 1. The van der Waals surface area contributed by atoms with Crippen molar-refractivity contribution in [2.75, 3.05) is 0 Å². The molecular formula is C17H13FN2O. The van der Waals surface area contributed by atoms with E-state index in [1.807, 2.05) is 30.3 Å². The number of nitrogens with zero attached hydrogens (tertiary/aromatic N) is 2. The van der Waals surface area contributed by atoms with E-state index in [1.54, 1.807) is 29.9 Å². The van der Waals surface area contributed by atoms with Gasteiger partial charge < -0.3 is 0 Å². The number of rotatable bonds is 3. The fourth-order valence-electron chi connectivity index (χ4n) is 2.20. The Kier molecular flexibility index (Phi) is 3.36. The number of benzene rings is 2. The summed E-state index contributed by atoms with van der Waals surface area (Å²) in [5.74, 6) is -0.270. The summed E-state index contributed by atoms with van der Waals surface area (Å²) in [4.78, 5) is 11.3. The molecule has 0 bridgehead atoms. The lowest BCUT2D eigenvalue weighted by Gasteiger charge is -2.02. The molecular weight excluding hydrogens is 267 g/mol. The molecule has 1 heterocycles. The summed E-state index contributed by atoms with van der Waals surface area (Å²) in [6.07, 6.45) is 2.44. The Morgan fingerprint density at radius 1 is 1.14 bits per heavy atom. The maximum atomic E-state index is 13.4. The van der Waals surface area contributed by atoms with Gasteiger partial charge in [-0.2, -0.15) is 5.10 Å². The third kappa shape index (κ3) is 2.48. The first kappa shape index (κ1) is 13.2. The molecule has 0 amide bonds. The van der Waals surface area contributed by atoms with Crippen molar-refractivity contribution in [2.45, 2.75) is 6.92 Å². The summed E-state index contributed by atoms with van der Waals surface area (Å²) in [6, 6.07) is 14.2. The molecule has 0 aliphatic rings. The molecule has 0 saturated heterocycles. The van der Waals surface area contributed by atoms with E-state index in [4.69, 9.17) is 0 Å². The van der Waals surface area contributed by atoms with Crippen molar-refractivity contribution in [3.05, 3.63) is 71.7 Å². The zero-order valence-electron chi connectivity index (χ0n) is 11.5. The first-order valence-electron chi connectivity index (χ1n) is 6.56. The van der Waals surface area contributed by atoms with E-state index in [0.29, 0.717) is 16.8 Å². The van der Waals surface area contributed by atoms with Crippen LogP contribution in [0.5, 0.6) is 0 Å². The number of carbonyl (C=O) groups is 1. The minimum atomic E-state index is -0.270. The van der Waals surface area contributed by atoms with Gasteiger partial charge in [0.1, 0.15) is 11.5 Å². The average Bonchev–Trinajstić information content (AvgIpc) is 2.95. The number of hydrogen-bond donors (Lipinski definition) is 0. The predicted molar refractivity (Wildman–Crippen MR) is 79.1 cm³/mol. The molecule has 0 unspecified atom stereocenters. The number of carbonyl (C=O) groups excluding carboxylic acids is 1. The van der Waals surface area contributed by atoms with E-state index in [9.17, 15) is 9.18 Å². The van der Waals surface area contributed by atoms with Crippen LogP contribution in [0, 0.1) is 12.7 Å². The highest BCUT2D eigenvalue weighted by molar-refractivity contribution is 5.85. The molecule has 0 aliphatic carbocycles. The van der Waals surface area contributed by atoms with Crippen molar-refractivity contribution < 1.29 is 9.18 Å². The summed E-state index contributed by atoms with van der Waals surface area (Å²) in [6.45, 7) is 1.69. The molecule has 0 aliphatic heterocycles. The summed E-state index contributed by atoms with van der Waals surface area (Å²) in [5, 5.41) is 4.46. The fourth-order valence-corrected chi connectivity index (χ4v) is 2.20. The van der Waals surface area contributed by atoms with Crippen molar-refractivity contribution in [1.82, 2.24) is 9.78 Å². The van der Waals surface area contributed by atoms with Gasteiger partial charge in [-0.15, -0.1) is 0 Å². The second kappa shape index (κ2) is 5.32. The lowest BCUT2D eigenvalue weighted by molar-refractivity contribution is 0.112. The molecule has 3 nitrogen and oxygen atoms in total. The first-order chi connectivity index (χ1) is 10.2. The normalized spacial score (nSPS) is 10.6. The van der Waals surface area contributed by atoms with Gasteiger partial charge in [0.05, 0.1) is 11.3 Å². The van der Waals surface area contributed by atoms with Crippen LogP contribution in [0.4, 0.5) is 4.39 Å². The number of para-hydroxylation sites is 1. The van der Waals surface area contributed by atoms with E-state index < -0.39 is 0 Å². The maximum Gasteiger partial charge on any atom is 0.153 e. The Hall–Kier alpha value is -2.75. The fraction of sp³-hybridized carbons (Fsp3) is 0.0588. The van der Waals surface area contributed by atoms with Crippen LogP contribution < -0.4 is 0 Å². The van der Waals surface area contributed by atoms with Crippen LogP contribution in [0.2, 0.25) is 0 Å². The highest BCUT2D eigenvalue weighted by Gasteiger charge is 2.12. The number of aryl methyl sites for hydroxylation is 1. The van der Waals surface area contributed by atoms with Gasteiger partial charge in [-0.05, 0) is 42.8 Å². The molecule has 3 rings (SSSR count). The van der Waals surface area contributed by atoms with Gasteiger partial charge in [-0.1, -0.05) is 18.2 Å². The molecule has 2 aromatic carbocycles. The van der Waals surface area contributed by atoms with Crippen molar-refractivity contribution in [2.24, 2.45) is 0 Å². The van der Waals surface area contributed by atoms with Crippen molar-refractivity contribution in [3.63, 3.8) is 0 Å². The third-order valence-electron chi connectivity index (χ3n) is 3.32. The molecule has 1 aromatic heterocycles. The van der Waals surface area contributed by atoms with Crippen LogP contribution in [-0.2, 0) is 0 Å². The van der Waals surface area contributed by atoms with Crippen LogP contribution in [0.15, 0.2) is 54.7 Å². The third-order valence-corrected chi connectivity index (χ3v) is 3.32. The van der Waals surface area contributed by atoms with Crippen LogP contribution in [0.3, 0.4) is 0 Å². The highest BCUT2D eigenvalue weighted by Crippen LogP contribution is 2.24. The monoisotopic (exact) mass is 280 g/mol. The van der Waals surface area contributed by atoms with Gasteiger partial charge >= 0.3 is 0 Å². The van der Waals surface area contributed by atoms with Gasteiger partial charge in [-0.3, -0.25) is 4.79 Å². The summed E-state index contributed by atoms with van der Waals surface area (Å²) >= 11 is 0. The largest absolute Gasteiger partial charge is 0.298 e. The van der Waals surface area contributed by atoms with Gasteiger partial charge in [0, 0.05) is 11.8 Å². The molecule has 104 valence electrons. The number of hydrogen-bond acceptors (Lipinski definition) is 2. The van der Waals surface area contributed by atoms with Gasteiger partial charge in [0.15, 0.2) is 6.29 Å². The number of halogens is 1. The molecule has 0 spiro atoms. The molecule has 0 N–H and O–H groups in total. The zero-order chi connectivity index (χ0) is 14.8. The number of aromatic nitrogens is 2. The standard InChI is InChI=1S/C17H13FN2O/c1-12-9-13(7-8-16(12)18)17-14(11-21)10-20(19-17)15-5-3-2-4-6-15/h2-11H,1H3. The minimum absolute atomic E-state index is 0.270. The Bertz CT molecular complexity index is 794. The quantitative estimate of drug-likeness (QED) is 0.684. The van der Waals surface area contributed by atoms with Gasteiger partial charge in [0.25, 0.3) is 0 Å². The van der Waals surface area contributed by atoms with Crippen LogP contribution in [0.1, 0.15) is 15.9 Å². The van der Waals surface area contributed by atoms with E-state index in [-0.39, 0.29) is 5.82 Å². The molecule has 21 heavy (non-hydrogen) atoms. The van der Waals surface area contributed by atoms with Gasteiger partial charge in [-0.25, -0.2) is 9.07 Å². The van der Waals surface area contributed by atoms with Crippen LogP contribution >= 0.6 is 0 Å². The van der Waals surface area contributed by atoms with Crippen molar-refractivity contribution in [3.8, 4) is 16.9 Å². The van der Waals surface area contributed by atoms with E-state index in [2.05, 4.69) is 5.10 Å². The lowest BCUT2D eigenvalue weighted by atomic mass is 10.1. The summed E-state index contributed by atoms with van der Waals surface area (Å²) in [7, 11) is 0. The smallest absolute Gasteiger partial charge is 0.153 e. The SMILES string of the molecule is Cc1cc(-c2nn(-c3ccccc3)cc2C=O)ccc1F. The van der Waals surface area contributed by atoms with Crippen molar-refractivity contribution in [1.29, 1.82) is 0 Å². The van der Waals surface area contributed by atoms with E-state index in [0.717, 1.165) is 17.5 Å². The molecule has 0 saturated carbocycles. The Morgan fingerprint density at radius 3 is 2.57 bits per heavy atom. The second-order valence-corrected chi connectivity index (χ2v) is 4.79. The van der Waals surface area contributed by atoms with Crippen molar-refractivity contribution >= 4 is 6.29 Å². The highest BCUT2D eigenvalue weighted by atomic mass is 19.1. The molecule has 3 aromatic rings. The lowest BCUT2D eigenvalue weighted by Crippen LogP contribution is -1.94. The van der Waals surface area contributed by atoms with Crippen LogP contribution in [-0.4, -0.2) is 16.1 Å². The average molecular weight is 280 g/mol. The second-order valence-electron chi connectivity index (χ2n) is 4.79. The Balaban J connectivity index is 2.12. The Morgan fingerprint density at radius 2 is 1.90 bits per heavy atom. The predicted octanol–water partition coefficient (Wildman–Crippen LogP) is 3.80. The van der Waals surface area contributed by atoms with Gasteiger partial charge in [0.2, 0.25) is 0 Å². The van der Waals surface area contributed by atoms with Crippen LogP contribution in [0.25, 0.3) is 16.9 Å². The summed E-state index contributed by atoms with van der Waals surface area (Å²) in [5.41, 5.74) is 3.15. The summed E-state index contributed by atoms with van der Waals surface area (Å²) < 4.78 is 15.0. The Labute approximate surface area is 121 Å².